The number of carbonyl (C=O) groups is 1. The molecule has 0 saturated carbocycles. The molecule has 3 aromatic rings. The summed E-state index contributed by atoms with van der Waals surface area (Å²) in [6.07, 6.45) is 5.51. The van der Waals surface area contributed by atoms with Gasteiger partial charge in [0.1, 0.15) is 5.75 Å². The second kappa shape index (κ2) is 9.98. The van der Waals surface area contributed by atoms with Crippen molar-refractivity contribution in [1.82, 2.24) is 20.0 Å². The molecular formula is C24H27ClN4O2. The van der Waals surface area contributed by atoms with Gasteiger partial charge in [0, 0.05) is 24.3 Å². The van der Waals surface area contributed by atoms with E-state index in [0.29, 0.717) is 23.0 Å². The number of hydrogen-bond donors (Lipinski definition) is 1. The predicted octanol–water partition coefficient (Wildman–Crippen LogP) is 4.18. The molecule has 1 amide bonds. The van der Waals surface area contributed by atoms with Crippen molar-refractivity contribution >= 4 is 17.5 Å². The van der Waals surface area contributed by atoms with Gasteiger partial charge in [0.05, 0.1) is 24.6 Å². The lowest BCUT2D eigenvalue weighted by Gasteiger charge is -2.32. The fourth-order valence-electron chi connectivity index (χ4n) is 3.85. The summed E-state index contributed by atoms with van der Waals surface area (Å²) < 4.78 is 6.90. The van der Waals surface area contributed by atoms with Crippen molar-refractivity contribution < 1.29 is 9.53 Å². The minimum absolute atomic E-state index is 0.0825. The summed E-state index contributed by atoms with van der Waals surface area (Å²) in [4.78, 5) is 15.0. The Morgan fingerprint density at radius 1 is 1.13 bits per heavy atom. The number of methoxy groups -OCH3 is 1. The van der Waals surface area contributed by atoms with Gasteiger partial charge in [-0.25, -0.2) is 4.68 Å². The summed E-state index contributed by atoms with van der Waals surface area (Å²) in [6.45, 7) is 3.73. The van der Waals surface area contributed by atoms with Crippen molar-refractivity contribution in [3.8, 4) is 11.4 Å². The maximum atomic E-state index is 12.5. The van der Waals surface area contributed by atoms with Crippen LogP contribution in [0.2, 0.25) is 5.02 Å². The monoisotopic (exact) mass is 438 g/mol. The van der Waals surface area contributed by atoms with Crippen LogP contribution >= 0.6 is 11.6 Å². The normalized spacial score (nSPS) is 15.0. The second-order valence-corrected chi connectivity index (χ2v) is 8.36. The number of halogens is 1. The topological polar surface area (TPSA) is 59.4 Å². The molecule has 0 spiro atoms. The Hall–Kier alpha value is -2.83. The maximum absolute atomic E-state index is 12.5. The first kappa shape index (κ1) is 21.4. The number of likely N-dealkylation sites (tertiary alicyclic amines) is 1. The number of amides is 1. The molecule has 0 aliphatic carbocycles. The van der Waals surface area contributed by atoms with Crippen LogP contribution in [0, 0.1) is 5.92 Å². The molecule has 2 aromatic carbocycles. The lowest BCUT2D eigenvalue weighted by atomic mass is 9.96. The Bertz CT molecular complexity index is 993. The van der Waals surface area contributed by atoms with Gasteiger partial charge in [-0.3, -0.25) is 9.69 Å². The molecule has 1 aliphatic heterocycles. The Labute approximate surface area is 187 Å². The van der Waals surface area contributed by atoms with Gasteiger partial charge in [0.25, 0.3) is 5.91 Å². The average Bonchev–Trinajstić information content (AvgIpc) is 3.30. The van der Waals surface area contributed by atoms with E-state index in [0.717, 1.165) is 43.9 Å². The van der Waals surface area contributed by atoms with Gasteiger partial charge in [-0.05, 0) is 73.8 Å². The van der Waals surface area contributed by atoms with Crippen LogP contribution in [0.3, 0.4) is 0 Å². The lowest BCUT2D eigenvalue weighted by Crippen LogP contribution is -2.38. The van der Waals surface area contributed by atoms with Crippen molar-refractivity contribution in [2.45, 2.75) is 19.4 Å². The summed E-state index contributed by atoms with van der Waals surface area (Å²) >= 11 is 5.93. The molecule has 1 saturated heterocycles. The van der Waals surface area contributed by atoms with E-state index in [9.17, 15) is 4.79 Å². The van der Waals surface area contributed by atoms with Crippen LogP contribution in [0.25, 0.3) is 5.69 Å². The summed E-state index contributed by atoms with van der Waals surface area (Å²) in [6, 6.07) is 15.6. The molecule has 0 radical (unpaired) electrons. The highest BCUT2D eigenvalue weighted by atomic mass is 35.5. The fourth-order valence-corrected chi connectivity index (χ4v) is 3.98. The van der Waals surface area contributed by atoms with E-state index < -0.39 is 0 Å². The van der Waals surface area contributed by atoms with Crippen molar-refractivity contribution in [1.29, 1.82) is 0 Å². The molecule has 1 N–H and O–H groups in total. The molecule has 0 atom stereocenters. The first-order valence-corrected chi connectivity index (χ1v) is 10.9. The summed E-state index contributed by atoms with van der Waals surface area (Å²) in [7, 11) is 1.68. The second-order valence-electron chi connectivity index (χ2n) is 7.93. The van der Waals surface area contributed by atoms with Gasteiger partial charge in [-0.15, -0.1) is 0 Å². The molecule has 6 nitrogen and oxygen atoms in total. The van der Waals surface area contributed by atoms with E-state index >= 15 is 0 Å². The third kappa shape index (κ3) is 5.66. The van der Waals surface area contributed by atoms with Gasteiger partial charge in [-0.1, -0.05) is 23.7 Å². The first-order valence-electron chi connectivity index (χ1n) is 10.5. The smallest absolute Gasteiger partial charge is 0.254 e. The number of aromatic nitrogens is 2. The number of nitrogens with one attached hydrogen (secondary N) is 1. The van der Waals surface area contributed by atoms with E-state index in [4.69, 9.17) is 16.3 Å². The number of carbonyl (C=O) groups excluding carboxylic acids is 1. The average molecular weight is 439 g/mol. The Morgan fingerprint density at radius 2 is 1.84 bits per heavy atom. The van der Waals surface area contributed by atoms with E-state index in [-0.39, 0.29) is 5.91 Å². The van der Waals surface area contributed by atoms with Crippen LogP contribution in [0.1, 0.15) is 28.8 Å². The Morgan fingerprint density at radius 3 is 2.52 bits per heavy atom. The number of benzene rings is 2. The van der Waals surface area contributed by atoms with Crippen LogP contribution in [0.5, 0.6) is 5.75 Å². The van der Waals surface area contributed by atoms with Crippen molar-refractivity contribution in [3.63, 3.8) is 0 Å². The van der Waals surface area contributed by atoms with Gasteiger partial charge < -0.3 is 10.1 Å². The molecular weight excluding hydrogens is 412 g/mol. The third-order valence-corrected chi connectivity index (χ3v) is 6.01. The van der Waals surface area contributed by atoms with E-state index in [1.807, 2.05) is 24.3 Å². The van der Waals surface area contributed by atoms with E-state index in [1.165, 1.54) is 5.56 Å². The molecule has 7 heteroatoms. The van der Waals surface area contributed by atoms with E-state index in [1.54, 1.807) is 36.3 Å². The third-order valence-electron chi connectivity index (χ3n) is 5.76. The van der Waals surface area contributed by atoms with Crippen LogP contribution in [0.15, 0.2) is 60.9 Å². The number of hydrogen-bond acceptors (Lipinski definition) is 4. The Balaban J connectivity index is 1.22. The highest BCUT2D eigenvalue weighted by Gasteiger charge is 2.20. The molecule has 162 valence electrons. The lowest BCUT2D eigenvalue weighted by molar-refractivity contribution is 0.0935. The van der Waals surface area contributed by atoms with Crippen LogP contribution in [-0.4, -0.2) is 47.3 Å². The highest BCUT2D eigenvalue weighted by Crippen LogP contribution is 2.20. The molecule has 1 fully saturated rings. The van der Waals surface area contributed by atoms with Crippen LogP contribution in [-0.2, 0) is 6.54 Å². The van der Waals surface area contributed by atoms with Gasteiger partial charge in [0.15, 0.2) is 0 Å². The molecule has 0 unspecified atom stereocenters. The zero-order valence-electron chi connectivity index (χ0n) is 17.6. The quantitative estimate of drug-likeness (QED) is 0.601. The van der Waals surface area contributed by atoms with Crippen molar-refractivity contribution in [2.24, 2.45) is 5.92 Å². The minimum atomic E-state index is -0.0825. The zero-order chi connectivity index (χ0) is 21.6. The number of nitrogens with zero attached hydrogens (tertiary/aromatic N) is 3. The first-order chi connectivity index (χ1) is 15.1. The predicted molar refractivity (Wildman–Crippen MR) is 122 cm³/mol. The number of piperidine rings is 1. The van der Waals surface area contributed by atoms with E-state index in [2.05, 4.69) is 27.4 Å². The SMILES string of the molecule is COc1ccc(CN2CCC(CNC(=O)c3cnn(-c4ccc(Cl)cc4)c3)CC2)cc1. The zero-order valence-corrected chi connectivity index (χ0v) is 18.4. The number of rotatable bonds is 7. The Kier molecular flexibility index (Phi) is 6.89. The summed E-state index contributed by atoms with van der Waals surface area (Å²) in [5.74, 6) is 1.31. The molecule has 1 aliphatic rings. The number of ether oxygens (including phenoxy) is 1. The summed E-state index contributed by atoms with van der Waals surface area (Å²) in [5.41, 5.74) is 2.73. The largest absolute Gasteiger partial charge is 0.497 e. The molecule has 2 heterocycles. The molecule has 4 rings (SSSR count). The van der Waals surface area contributed by atoms with Crippen LogP contribution in [0.4, 0.5) is 0 Å². The van der Waals surface area contributed by atoms with Gasteiger partial charge in [0.2, 0.25) is 0 Å². The summed E-state index contributed by atoms with van der Waals surface area (Å²) in [5, 5.41) is 8.04. The van der Waals surface area contributed by atoms with Gasteiger partial charge >= 0.3 is 0 Å². The standard InChI is InChI=1S/C24H27ClN4O2/c1-31-23-8-2-19(3-9-23)16-28-12-10-18(11-13-28)14-26-24(30)20-15-27-29(17-20)22-6-4-21(25)5-7-22/h2-9,15,17-18H,10-14,16H2,1H3,(H,26,30). The molecule has 0 bridgehead atoms. The fraction of sp³-hybridized carbons (Fsp3) is 0.333. The maximum Gasteiger partial charge on any atom is 0.254 e. The van der Waals surface area contributed by atoms with Crippen molar-refractivity contribution in [2.75, 3.05) is 26.7 Å². The highest BCUT2D eigenvalue weighted by molar-refractivity contribution is 6.30. The van der Waals surface area contributed by atoms with Crippen molar-refractivity contribution in [3.05, 3.63) is 77.1 Å². The van der Waals surface area contributed by atoms with Crippen LogP contribution < -0.4 is 10.1 Å². The minimum Gasteiger partial charge on any atom is -0.497 e. The van der Waals surface area contributed by atoms with Gasteiger partial charge in [-0.2, -0.15) is 5.10 Å². The molecule has 31 heavy (non-hydrogen) atoms. The molecule has 1 aromatic heterocycles.